The quantitative estimate of drug-likeness (QED) is 0.632. The number of carbonyl (C=O) groups excluding carboxylic acids is 1. The molecule has 1 N–H and O–H groups in total. The van der Waals surface area contributed by atoms with E-state index in [2.05, 4.69) is 5.32 Å². The molecule has 0 bridgehead atoms. The highest BCUT2D eigenvalue weighted by atomic mass is 35.5. The van der Waals surface area contributed by atoms with Crippen molar-refractivity contribution < 1.29 is 17.9 Å². The number of nitrogens with one attached hydrogen (secondary N) is 1. The van der Waals surface area contributed by atoms with Crippen LogP contribution in [-0.4, -0.2) is 45.6 Å². The minimum atomic E-state index is -3.86. The summed E-state index contributed by atoms with van der Waals surface area (Å²) in [6.07, 6.45) is 1.99. The van der Waals surface area contributed by atoms with Gasteiger partial charge in [-0.1, -0.05) is 23.7 Å². The molecule has 28 heavy (non-hydrogen) atoms. The van der Waals surface area contributed by atoms with Crippen molar-refractivity contribution in [2.24, 2.45) is 0 Å². The molecule has 0 spiro atoms. The molecule has 0 heterocycles. The third-order valence-corrected chi connectivity index (χ3v) is 7.03. The van der Waals surface area contributed by atoms with E-state index in [0.29, 0.717) is 5.75 Å². The number of halogens is 1. The van der Waals surface area contributed by atoms with E-state index in [4.69, 9.17) is 16.3 Å². The Labute approximate surface area is 175 Å². The minimum Gasteiger partial charge on any atom is -0.495 e. The maximum Gasteiger partial charge on any atom is 0.243 e. The summed E-state index contributed by atoms with van der Waals surface area (Å²) < 4.78 is 31.4. The summed E-state index contributed by atoms with van der Waals surface area (Å²) in [4.78, 5) is 13.5. The molecule has 2 rings (SSSR count). The van der Waals surface area contributed by atoms with Gasteiger partial charge in [-0.3, -0.25) is 4.79 Å². The monoisotopic (exact) mass is 442 g/mol. The highest BCUT2D eigenvalue weighted by Gasteiger charge is 2.24. The van der Waals surface area contributed by atoms with Crippen LogP contribution >= 0.6 is 23.4 Å². The van der Waals surface area contributed by atoms with Crippen LogP contribution in [0.15, 0.2) is 52.3 Å². The molecule has 1 atom stereocenters. The van der Waals surface area contributed by atoms with Crippen molar-refractivity contribution in [1.82, 2.24) is 9.62 Å². The number of amides is 1. The summed E-state index contributed by atoms with van der Waals surface area (Å²) in [5, 5.41) is 3.00. The number of ether oxygens (including phenoxy) is 1. The van der Waals surface area contributed by atoms with E-state index in [9.17, 15) is 13.2 Å². The van der Waals surface area contributed by atoms with Crippen molar-refractivity contribution in [2.45, 2.75) is 22.8 Å². The highest BCUT2D eigenvalue weighted by Crippen LogP contribution is 2.28. The molecule has 9 heteroatoms. The summed E-state index contributed by atoms with van der Waals surface area (Å²) >= 11 is 7.65. The largest absolute Gasteiger partial charge is 0.495 e. The standard InChI is InChI=1S/C19H23ClN2O4S2/c1-13(14-5-7-15(27-4)8-6-14)21-19(23)12-22(2)28(24,25)16-9-10-18(26-3)17(20)11-16/h5-11,13H,12H2,1-4H3,(H,21,23)/t13-/m1/s1. The van der Waals surface area contributed by atoms with Crippen LogP contribution in [0.2, 0.25) is 5.02 Å². The predicted molar refractivity (Wildman–Crippen MR) is 113 cm³/mol. The normalized spacial score (nSPS) is 12.6. The molecule has 2 aromatic rings. The molecule has 0 aliphatic heterocycles. The van der Waals surface area contributed by atoms with Crippen LogP contribution in [0, 0.1) is 0 Å². The number of likely N-dealkylation sites (N-methyl/N-ethyl adjacent to an activating group) is 1. The molecule has 0 aliphatic rings. The zero-order valence-corrected chi connectivity index (χ0v) is 18.5. The SMILES string of the molecule is COc1ccc(S(=O)(=O)N(C)CC(=O)N[C@H](C)c2ccc(SC)cc2)cc1Cl. The lowest BCUT2D eigenvalue weighted by molar-refractivity contribution is -0.121. The Hall–Kier alpha value is -1.74. The van der Waals surface area contributed by atoms with Gasteiger partial charge >= 0.3 is 0 Å². The summed E-state index contributed by atoms with van der Waals surface area (Å²) in [5.41, 5.74) is 0.943. The van der Waals surface area contributed by atoms with Crippen molar-refractivity contribution >= 4 is 39.3 Å². The second-order valence-electron chi connectivity index (χ2n) is 6.12. The summed E-state index contributed by atoms with van der Waals surface area (Å²) in [6, 6.07) is 11.8. The van der Waals surface area contributed by atoms with Gasteiger partial charge in [0.25, 0.3) is 0 Å². The molecule has 6 nitrogen and oxygen atoms in total. The number of thioether (sulfide) groups is 1. The first-order valence-corrected chi connectivity index (χ1v) is 11.5. The topological polar surface area (TPSA) is 75.7 Å². The van der Waals surface area contributed by atoms with Crippen LogP contribution in [0.25, 0.3) is 0 Å². The number of hydrogen-bond donors (Lipinski definition) is 1. The van der Waals surface area contributed by atoms with E-state index in [-0.39, 0.29) is 22.5 Å². The van der Waals surface area contributed by atoms with E-state index < -0.39 is 15.9 Å². The molecule has 152 valence electrons. The zero-order valence-electron chi connectivity index (χ0n) is 16.1. The average Bonchev–Trinajstić information content (AvgIpc) is 2.67. The maximum absolute atomic E-state index is 12.7. The van der Waals surface area contributed by atoms with E-state index in [0.717, 1.165) is 14.8 Å². The first-order chi connectivity index (χ1) is 13.2. The van der Waals surface area contributed by atoms with Crippen LogP contribution in [-0.2, 0) is 14.8 Å². The van der Waals surface area contributed by atoms with Gasteiger partial charge in [0.1, 0.15) is 5.75 Å². The first-order valence-electron chi connectivity index (χ1n) is 8.42. The lowest BCUT2D eigenvalue weighted by Crippen LogP contribution is -2.39. The van der Waals surface area contributed by atoms with Crippen LogP contribution in [0.5, 0.6) is 5.75 Å². The summed E-state index contributed by atoms with van der Waals surface area (Å²) in [7, 11) is -1.06. The smallest absolute Gasteiger partial charge is 0.243 e. The Morgan fingerprint density at radius 2 is 1.89 bits per heavy atom. The van der Waals surface area contributed by atoms with Crippen molar-refractivity contribution in [2.75, 3.05) is 27.0 Å². The maximum atomic E-state index is 12.7. The van der Waals surface area contributed by atoms with Crippen molar-refractivity contribution in [3.05, 3.63) is 53.1 Å². The second-order valence-corrected chi connectivity index (χ2v) is 9.45. The van der Waals surface area contributed by atoms with Gasteiger partial charge in [-0.2, -0.15) is 4.31 Å². The molecule has 0 saturated heterocycles. The Bertz CT molecular complexity index is 933. The Morgan fingerprint density at radius 1 is 1.25 bits per heavy atom. The van der Waals surface area contributed by atoms with Crippen molar-refractivity contribution in [3.63, 3.8) is 0 Å². The third-order valence-electron chi connectivity index (χ3n) is 4.19. The predicted octanol–water partition coefficient (Wildman–Crippen LogP) is 3.57. The van der Waals surface area contributed by atoms with E-state index in [1.54, 1.807) is 11.8 Å². The molecular formula is C19H23ClN2O4S2. The zero-order chi connectivity index (χ0) is 20.9. The molecule has 2 aromatic carbocycles. The van der Waals surface area contributed by atoms with Gasteiger partial charge in [0.15, 0.2) is 0 Å². The van der Waals surface area contributed by atoms with E-state index in [1.807, 2.05) is 37.4 Å². The van der Waals surface area contributed by atoms with Gasteiger partial charge in [-0.15, -0.1) is 11.8 Å². The van der Waals surface area contributed by atoms with Gasteiger partial charge in [-0.25, -0.2) is 8.42 Å². The molecule has 0 aromatic heterocycles. The lowest BCUT2D eigenvalue weighted by atomic mass is 10.1. The van der Waals surface area contributed by atoms with Crippen LogP contribution < -0.4 is 10.1 Å². The molecule has 0 radical (unpaired) electrons. The average molecular weight is 443 g/mol. The number of hydrogen-bond acceptors (Lipinski definition) is 5. The van der Waals surface area contributed by atoms with Gasteiger partial charge in [0.05, 0.1) is 29.6 Å². The number of nitrogens with zero attached hydrogens (tertiary/aromatic N) is 1. The fourth-order valence-corrected chi connectivity index (χ4v) is 4.42. The van der Waals surface area contributed by atoms with Crippen molar-refractivity contribution in [3.8, 4) is 5.75 Å². The minimum absolute atomic E-state index is 0.00528. The molecule has 0 unspecified atom stereocenters. The van der Waals surface area contributed by atoms with Crippen molar-refractivity contribution in [1.29, 1.82) is 0 Å². The fraction of sp³-hybridized carbons (Fsp3) is 0.316. The van der Waals surface area contributed by atoms with E-state index in [1.165, 1.54) is 32.4 Å². The first kappa shape index (κ1) is 22.5. The number of carbonyl (C=O) groups is 1. The highest BCUT2D eigenvalue weighted by molar-refractivity contribution is 7.98. The Kier molecular flexibility index (Phi) is 7.77. The van der Waals surface area contributed by atoms with Gasteiger partial charge in [0, 0.05) is 11.9 Å². The lowest BCUT2D eigenvalue weighted by Gasteiger charge is -2.20. The summed E-state index contributed by atoms with van der Waals surface area (Å²) in [5.74, 6) is -0.0190. The number of benzene rings is 2. The molecule has 0 fully saturated rings. The molecular weight excluding hydrogens is 420 g/mol. The van der Waals surface area contributed by atoms with Crippen LogP contribution in [0.4, 0.5) is 0 Å². The van der Waals surface area contributed by atoms with Crippen LogP contribution in [0.1, 0.15) is 18.5 Å². The fourth-order valence-electron chi connectivity index (χ4n) is 2.54. The number of rotatable bonds is 8. The molecule has 1 amide bonds. The number of sulfonamides is 1. The second kappa shape index (κ2) is 9.65. The van der Waals surface area contributed by atoms with Gasteiger partial charge in [-0.05, 0) is 49.1 Å². The number of methoxy groups -OCH3 is 1. The van der Waals surface area contributed by atoms with Gasteiger partial charge in [0.2, 0.25) is 15.9 Å². The Morgan fingerprint density at radius 3 is 2.43 bits per heavy atom. The van der Waals surface area contributed by atoms with E-state index >= 15 is 0 Å². The molecule has 0 saturated carbocycles. The third kappa shape index (κ3) is 5.41. The van der Waals surface area contributed by atoms with Gasteiger partial charge < -0.3 is 10.1 Å². The Balaban J connectivity index is 2.04. The van der Waals surface area contributed by atoms with Crippen LogP contribution in [0.3, 0.4) is 0 Å². The molecule has 0 aliphatic carbocycles. The summed E-state index contributed by atoms with van der Waals surface area (Å²) in [6.45, 7) is 1.54.